The van der Waals surface area contributed by atoms with E-state index in [1.54, 1.807) is 11.0 Å². The molecule has 7 rings (SSSR count). The number of rotatable bonds is 9. The van der Waals surface area contributed by atoms with Crippen LogP contribution >= 0.6 is 0 Å². The smallest absolute Gasteiger partial charge is 0.407 e. The van der Waals surface area contributed by atoms with Gasteiger partial charge < -0.3 is 29.8 Å². The minimum absolute atomic E-state index is 0.0161. The molecule has 4 heterocycles. The quantitative estimate of drug-likeness (QED) is 0.141. The number of likely N-dealkylation sites (tertiary alicyclic amines) is 2. The van der Waals surface area contributed by atoms with Crippen molar-refractivity contribution in [3.8, 4) is 22.4 Å². The van der Waals surface area contributed by atoms with Crippen LogP contribution in [0.3, 0.4) is 0 Å². The predicted molar refractivity (Wildman–Crippen MR) is 211 cm³/mol. The van der Waals surface area contributed by atoms with Crippen LogP contribution in [-0.2, 0) is 14.3 Å². The van der Waals surface area contributed by atoms with Crippen LogP contribution in [0.2, 0.25) is 0 Å². The average Bonchev–Trinajstić information content (AvgIpc) is 3.86. The number of imidazole rings is 1. The van der Waals surface area contributed by atoms with Crippen LogP contribution in [0.15, 0.2) is 71.7 Å². The third-order valence-electron chi connectivity index (χ3n) is 10.9. The largest absolute Gasteiger partial charge is 0.453 e. The lowest BCUT2D eigenvalue weighted by Crippen LogP contribution is -2.53. The molecule has 1 unspecified atom stereocenters. The molecule has 11 nitrogen and oxygen atoms in total. The third-order valence-corrected chi connectivity index (χ3v) is 10.9. The van der Waals surface area contributed by atoms with Gasteiger partial charge in [0.15, 0.2) is 5.43 Å². The highest BCUT2D eigenvalue weighted by atomic mass is 16.5. The first-order chi connectivity index (χ1) is 26.0. The molecule has 11 heteroatoms. The number of amides is 3. The van der Waals surface area contributed by atoms with Crippen molar-refractivity contribution in [2.45, 2.75) is 84.3 Å². The van der Waals surface area contributed by atoms with E-state index in [-0.39, 0.29) is 35.2 Å². The molecule has 0 bridgehead atoms. The van der Waals surface area contributed by atoms with Crippen LogP contribution in [0.4, 0.5) is 4.79 Å². The van der Waals surface area contributed by atoms with Gasteiger partial charge in [-0.05, 0) is 90.1 Å². The van der Waals surface area contributed by atoms with E-state index < -0.39 is 12.1 Å². The van der Waals surface area contributed by atoms with Crippen LogP contribution in [-0.4, -0.2) is 68.9 Å². The maximum atomic E-state index is 13.8. The van der Waals surface area contributed by atoms with E-state index in [2.05, 4.69) is 65.5 Å². The summed E-state index contributed by atoms with van der Waals surface area (Å²) >= 11 is 0. The maximum absolute atomic E-state index is 13.8. The van der Waals surface area contributed by atoms with Crippen molar-refractivity contribution in [3.05, 3.63) is 88.6 Å². The number of methoxy groups -OCH3 is 1. The fraction of sp³-hybridized carbons (Fsp3) is 0.419. The van der Waals surface area contributed by atoms with Gasteiger partial charge in [-0.15, -0.1) is 0 Å². The number of hydrogen-bond donors (Lipinski definition) is 3. The van der Waals surface area contributed by atoms with Crippen molar-refractivity contribution in [2.75, 3.05) is 20.2 Å². The molecule has 2 aliphatic rings. The van der Waals surface area contributed by atoms with Crippen LogP contribution in [0.1, 0.15) is 89.8 Å². The molecule has 3 atom stereocenters. The highest BCUT2D eigenvalue weighted by Gasteiger charge is 2.36. The highest BCUT2D eigenvalue weighted by molar-refractivity contribution is 5.92. The summed E-state index contributed by atoms with van der Waals surface area (Å²) in [6, 6.07) is 19.1. The molecule has 3 aromatic carbocycles. The second-order valence-corrected chi connectivity index (χ2v) is 15.6. The van der Waals surface area contributed by atoms with E-state index in [0.717, 1.165) is 71.2 Å². The fourth-order valence-corrected chi connectivity index (χ4v) is 8.09. The molecule has 5 aromatic rings. The van der Waals surface area contributed by atoms with Crippen LogP contribution < -0.4 is 10.7 Å². The molecule has 3 amide bonds. The highest BCUT2D eigenvalue weighted by Crippen LogP contribution is 2.35. The van der Waals surface area contributed by atoms with E-state index >= 15 is 0 Å². The lowest BCUT2D eigenvalue weighted by Gasteiger charge is -2.38. The molecule has 0 spiro atoms. The Bertz CT molecular complexity index is 2260. The Balaban J connectivity index is 1.13. The SMILES string of the molecule is COC(=O)N[C@H](C(=O)N1CCCCC1c1cc(=O)c2ccc(-c3ccc4cc(-c5cnc([C@@H]6CCCN6C(=O)CC(C)C)[nH]5)ccc4c3)cc2[nH]1)C(C)C. The van der Waals surface area contributed by atoms with Crippen LogP contribution in [0.25, 0.3) is 44.1 Å². The summed E-state index contributed by atoms with van der Waals surface area (Å²) in [5, 5.41) is 5.45. The average molecular weight is 731 g/mol. The summed E-state index contributed by atoms with van der Waals surface area (Å²) < 4.78 is 4.79. The van der Waals surface area contributed by atoms with Gasteiger partial charge in [-0.3, -0.25) is 14.4 Å². The number of fused-ring (bicyclic) bond motifs is 2. The van der Waals surface area contributed by atoms with Gasteiger partial charge in [0.1, 0.15) is 11.9 Å². The van der Waals surface area contributed by atoms with Gasteiger partial charge in [0.05, 0.1) is 36.6 Å². The number of H-pyrrole nitrogens is 2. The number of hydrogen-bond acceptors (Lipinski definition) is 6. The van der Waals surface area contributed by atoms with E-state index in [1.165, 1.54) is 7.11 Å². The summed E-state index contributed by atoms with van der Waals surface area (Å²) in [6.07, 6.45) is 6.13. The summed E-state index contributed by atoms with van der Waals surface area (Å²) in [6.45, 7) is 9.24. The molecule has 54 heavy (non-hydrogen) atoms. The minimum atomic E-state index is -0.744. The van der Waals surface area contributed by atoms with Gasteiger partial charge in [-0.1, -0.05) is 58.0 Å². The predicted octanol–water partition coefficient (Wildman–Crippen LogP) is 7.88. The number of nitrogens with zero attached hydrogens (tertiary/aromatic N) is 3. The normalized spacial score (nSPS) is 18.1. The van der Waals surface area contributed by atoms with Gasteiger partial charge >= 0.3 is 6.09 Å². The van der Waals surface area contributed by atoms with Crippen molar-refractivity contribution >= 4 is 39.6 Å². The van der Waals surface area contributed by atoms with E-state index in [9.17, 15) is 19.2 Å². The number of aromatic nitrogens is 3. The number of carbonyl (C=O) groups is 3. The Morgan fingerprint density at radius 2 is 1.52 bits per heavy atom. The zero-order valence-electron chi connectivity index (χ0n) is 31.8. The second-order valence-electron chi connectivity index (χ2n) is 15.6. The number of aromatic amines is 2. The number of pyridine rings is 1. The Labute approximate surface area is 315 Å². The van der Waals surface area contributed by atoms with Crippen molar-refractivity contribution in [3.63, 3.8) is 0 Å². The molecule has 2 aliphatic heterocycles. The van der Waals surface area contributed by atoms with Gasteiger partial charge in [0.25, 0.3) is 0 Å². The number of ether oxygens (including phenoxy) is 1. The van der Waals surface area contributed by atoms with E-state index in [0.29, 0.717) is 41.9 Å². The van der Waals surface area contributed by atoms with Crippen molar-refractivity contribution in [1.82, 2.24) is 30.1 Å². The molecule has 3 N–H and O–H groups in total. The molecule has 0 radical (unpaired) electrons. The van der Waals surface area contributed by atoms with Gasteiger partial charge in [-0.2, -0.15) is 0 Å². The minimum Gasteiger partial charge on any atom is -0.453 e. The zero-order valence-corrected chi connectivity index (χ0v) is 31.8. The lowest BCUT2D eigenvalue weighted by atomic mass is 9.94. The lowest BCUT2D eigenvalue weighted by molar-refractivity contribution is -0.138. The van der Waals surface area contributed by atoms with Crippen molar-refractivity contribution in [1.29, 1.82) is 0 Å². The topological polar surface area (TPSA) is 140 Å². The number of nitrogens with one attached hydrogen (secondary N) is 3. The number of alkyl carbamates (subject to hydrolysis) is 1. The molecule has 2 aromatic heterocycles. The van der Waals surface area contributed by atoms with Gasteiger partial charge in [0, 0.05) is 42.2 Å². The standard InChI is InChI=1S/C43H50N6O5/c1-25(2)19-39(51)48-18-8-10-37(48)41-44-24-35(46-41)31-14-13-27-20-28(11-12-29(27)21-31)30-15-16-32-33(22-30)45-34(23-38(32)50)36-9-6-7-17-49(36)42(52)40(26(3)4)47-43(53)54-5/h11-16,20-26,36-37,40H,6-10,17-19H2,1-5H3,(H,44,46)(H,45,50)(H,47,53)/t36?,37-,40-/m0/s1. The van der Waals surface area contributed by atoms with Gasteiger partial charge in [0.2, 0.25) is 11.8 Å². The number of piperidine rings is 1. The zero-order chi connectivity index (χ0) is 38.1. The van der Waals surface area contributed by atoms with Crippen molar-refractivity contribution < 1.29 is 19.1 Å². The Kier molecular flexibility index (Phi) is 10.6. The van der Waals surface area contributed by atoms with Crippen LogP contribution in [0, 0.1) is 11.8 Å². The number of benzene rings is 3. The second kappa shape index (κ2) is 15.5. The van der Waals surface area contributed by atoms with E-state index in [4.69, 9.17) is 9.72 Å². The summed E-state index contributed by atoms with van der Waals surface area (Å²) in [7, 11) is 1.28. The summed E-state index contributed by atoms with van der Waals surface area (Å²) in [5.41, 5.74) is 5.22. The van der Waals surface area contributed by atoms with E-state index in [1.807, 2.05) is 43.1 Å². The Hall–Kier alpha value is -5.45. The molecule has 2 saturated heterocycles. The summed E-state index contributed by atoms with van der Waals surface area (Å²) in [5.74, 6) is 1.02. The fourth-order valence-electron chi connectivity index (χ4n) is 8.09. The Morgan fingerprint density at radius 1 is 0.833 bits per heavy atom. The molecule has 2 fully saturated rings. The first kappa shape index (κ1) is 36.9. The summed E-state index contributed by atoms with van der Waals surface area (Å²) in [4.78, 5) is 67.8. The Morgan fingerprint density at radius 3 is 2.26 bits per heavy atom. The van der Waals surface area contributed by atoms with Crippen LogP contribution in [0.5, 0.6) is 0 Å². The van der Waals surface area contributed by atoms with Crippen molar-refractivity contribution in [2.24, 2.45) is 11.8 Å². The van der Waals surface area contributed by atoms with Gasteiger partial charge in [-0.25, -0.2) is 9.78 Å². The molecule has 282 valence electrons. The molecule has 0 saturated carbocycles. The molecular weight excluding hydrogens is 681 g/mol. The first-order valence-electron chi connectivity index (χ1n) is 19.2. The first-order valence-corrected chi connectivity index (χ1v) is 19.2. The maximum Gasteiger partial charge on any atom is 0.407 e. The third kappa shape index (κ3) is 7.49. The number of carbonyl (C=O) groups excluding carboxylic acids is 3. The monoisotopic (exact) mass is 730 g/mol. The molecular formula is C43H50N6O5. The molecule has 0 aliphatic carbocycles.